The van der Waals surface area contributed by atoms with Crippen LogP contribution in [0.1, 0.15) is 5.56 Å². The van der Waals surface area contributed by atoms with Crippen LogP contribution in [0.3, 0.4) is 0 Å². The molecule has 0 bridgehead atoms. The highest BCUT2D eigenvalue weighted by Gasteiger charge is 2.14. The average Bonchev–Trinajstić information content (AvgIpc) is 2.77. The summed E-state index contributed by atoms with van der Waals surface area (Å²) in [6.45, 7) is 1.41. The van der Waals surface area contributed by atoms with Gasteiger partial charge in [-0.25, -0.2) is 0 Å². The molecule has 84 valence electrons. The second-order valence-electron chi connectivity index (χ2n) is 3.73. The zero-order valence-corrected chi connectivity index (χ0v) is 10.3. The van der Waals surface area contributed by atoms with Gasteiger partial charge in [0, 0.05) is 13.1 Å². The van der Waals surface area contributed by atoms with Crippen molar-refractivity contribution in [2.45, 2.75) is 6.42 Å². The highest BCUT2D eigenvalue weighted by molar-refractivity contribution is 9.10. The molecule has 0 aromatic heterocycles. The molecular formula is C12H12BrNO2. The van der Waals surface area contributed by atoms with Crippen LogP contribution < -0.4 is 0 Å². The van der Waals surface area contributed by atoms with Crippen LogP contribution in [0, 0.1) is 0 Å². The molecular weight excluding hydrogens is 270 g/mol. The number of phenols is 1. The van der Waals surface area contributed by atoms with Crippen LogP contribution in [0.2, 0.25) is 0 Å². The fourth-order valence-electron chi connectivity index (χ4n) is 1.63. The van der Waals surface area contributed by atoms with Crippen molar-refractivity contribution in [1.29, 1.82) is 0 Å². The monoisotopic (exact) mass is 281 g/mol. The molecule has 1 heterocycles. The number of nitrogens with zero attached hydrogens (tertiary/aromatic N) is 1. The summed E-state index contributed by atoms with van der Waals surface area (Å²) in [6.07, 6.45) is 4.36. The minimum atomic E-state index is 0.114. The topological polar surface area (TPSA) is 40.5 Å². The summed E-state index contributed by atoms with van der Waals surface area (Å²) >= 11 is 3.23. The van der Waals surface area contributed by atoms with Crippen molar-refractivity contribution in [2.75, 3.05) is 13.1 Å². The van der Waals surface area contributed by atoms with Gasteiger partial charge in [-0.15, -0.1) is 0 Å². The fourth-order valence-corrected chi connectivity index (χ4v) is 2.05. The van der Waals surface area contributed by atoms with E-state index in [-0.39, 0.29) is 11.7 Å². The third-order valence-corrected chi connectivity index (χ3v) is 3.17. The molecule has 16 heavy (non-hydrogen) atoms. The maximum absolute atomic E-state index is 11.8. The Kier molecular flexibility index (Phi) is 3.29. The van der Waals surface area contributed by atoms with Gasteiger partial charge in [0.15, 0.2) is 0 Å². The first-order valence-electron chi connectivity index (χ1n) is 5.07. The zero-order valence-electron chi connectivity index (χ0n) is 8.69. The molecule has 1 N–H and O–H groups in total. The Bertz CT molecular complexity index is 435. The van der Waals surface area contributed by atoms with E-state index in [2.05, 4.69) is 15.9 Å². The van der Waals surface area contributed by atoms with Crippen molar-refractivity contribution >= 4 is 21.8 Å². The highest BCUT2D eigenvalue weighted by atomic mass is 79.9. The van der Waals surface area contributed by atoms with Crippen molar-refractivity contribution in [3.8, 4) is 5.75 Å². The van der Waals surface area contributed by atoms with Gasteiger partial charge < -0.3 is 10.0 Å². The summed E-state index contributed by atoms with van der Waals surface area (Å²) in [5.41, 5.74) is 0.904. The van der Waals surface area contributed by atoms with Crippen LogP contribution in [0.15, 0.2) is 34.8 Å². The number of hydrogen-bond acceptors (Lipinski definition) is 2. The lowest BCUT2D eigenvalue weighted by Gasteiger charge is -2.15. The Morgan fingerprint density at radius 3 is 2.69 bits per heavy atom. The van der Waals surface area contributed by atoms with Gasteiger partial charge in [0.25, 0.3) is 0 Å². The van der Waals surface area contributed by atoms with Crippen molar-refractivity contribution < 1.29 is 9.90 Å². The zero-order chi connectivity index (χ0) is 11.5. The van der Waals surface area contributed by atoms with E-state index in [0.29, 0.717) is 24.0 Å². The number of benzene rings is 1. The van der Waals surface area contributed by atoms with E-state index >= 15 is 0 Å². The fraction of sp³-hybridized carbons (Fsp3) is 0.250. The molecule has 1 aliphatic rings. The third kappa shape index (κ3) is 2.44. The first kappa shape index (κ1) is 11.2. The molecule has 0 saturated carbocycles. The SMILES string of the molecule is O=C(Cc1ccc(O)c(Br)c1)N1CC=CC1. The normalized spacial score (nSPS) is 14.4. The van der Waals surface area contributed by atoms with E-state index in [1.807, 2.05) is 12.2 Å². The van der Waals surface area contributed by atoms with E-state index < -0.39 is 0 Å². The minimum Gasteiger partial charge on any atom is -0.507 e. The van der Waals surface area contributed by atoms with Crippen molar-refractivity contribution in [3.63, 3.8) is 0 Å². The van der Waals surface area contributed by atoms with Gasteiger partial charge in [-0.05, 0) is 33.6 Å². The summed E-state index contributed by atoms with van der Waals surface area (Å²) in [5.74, 6) is 0.307. The van der Waals surface area contributed by atoms with Crippen LogP contribution in [0.4, 0.5) is 0 Å². The van der Waals surface area contributed by atoms with Crippen molar-refractivity contribution in [2.24, 2.45) is 0 Å². The minimum absolute atomic E-state index is 0.114. The summed E-state index contributed by atoms with van der Waals surface area (Å²) in [5, 5.41) is 9.34. The molecule has 0 unspecified atom stereocenters. The Morgan fingerprint density at radius 1 is 1.38 bits per heavy atom. The van der Waals surface area contributed by atoms with E-state index in [1.54, 1.807) is 23.1 Å². The first-order chi connectivity index (χ1) is 7.66. The Labute approximate surface area is 103 Å². The molecule has 1 aromatic carbocycles. The van der Waals surface area contributed by atoms with E-state index in [9.17, 15) is 9.90 Å². The molecule has 0 saturated heterocycles. The summed E-state index contributed by atoms with van der Waals surface area (Å²) in [7, 11) is 0. The van der Waals surface area contributed by atoms with Crippen LogP contribution in [0.25, 0.3) is 0 Å². The summed E-state index contributed by atoms with van der Waals surface area (Å²) in [4.78, 5) is 13.6. The number of halogens is 1. The molecule has 1 aliphatic heterocycles. The van der Waals surface area contributed by atoms with Crippen LogP contribution in [-0.2, 0) is 11.2 Å². The Morgan fingerprint density at radius 2 is 2.06 bits per heavy atom. The van der Waals surface area contributed by atoms with E-state index in [4.69, 9.17) is 0 Å². The molecule has 1 amide bonds. The third-order valence-electron chi connectivity index (χ3n) is 2.54. The molecule has 3 nitrogen and oxygen atoms in total. The van der Waals surface area contributed by atoms with Crippen LogP contribution in [-0.4, -0.2) is 29.0 Å². The quantitative estimate of drug-likeness (QED) is 0.844. The molecule has 0 radical (unpaired) electrons. The van der Waals surface area contributed by atoms with Crippen molar-refractivity contribution in [3.05, 3.63) is 40.4 Å². The van der Waals surface area contributed by atoms with Gasteiger partial charge in [-0.2, -0.15) is 0 Å². The van der Waals surface area contributed by atoms with Crippen LogP contribution in [0.5, 0.6) is 5.75 Å². The van der Waals surface area contributed by atoms with Crippen molar-refractivity contribution in [1.82, 2.24) is 4.90 Å². The Balaban J connectivity index is 2.03. The predicted octanol–water partition coefficient (Wildman–Crippen LogP) is 2.10. The molecule has 0 fully saturated rings. The predicted molar refractivity (Wildman–Crippen MR) is 65.2 cm³/mol. The van der Waals surface area contributed by atoms with Gasteiger partial charge >= 0.3 is 0 Å². The van der Waals surface area contributed by atoms with E-state index in [0.717, 1.165) is 5.56 Å². The van der Waals surface area contributed by atoms with E-state index in [1.165, 1.54) is 0 Å². The second kappa shape index (κ2) is 4.70. The Hall–Kier alpha value is -1.29. The standard InChI is InChI=1S/C12H12BrNO2/c13-10-7-9(3-4-11(10)15)8-12(16)14-5-1-2-6-14/h1-4,7,15H,5-6,8H2. The van der Waals surface area contributed by atoms with Gasteiger partial charge in [-0.1, -0.05) is 18.2 Å². The molecule has 0 aliphatic carbocycles. The lowest BCUT2D eigenvalue weighted by molar-refractivity contribution is -0.129. The summed E-state index contributed by atoms with van der Waals surface area (Å²) < 4.78 is 0.623. The molecule has 1 aromatic rings. The van der Waals surface area contributed by atoms with Gasteiger partial charge in [0.05, 0.1) is 10.9 Å². The number of hydrogen-bond donors (Lipinski definition) is 1. The number of aromatic hydroxyl groups is 1. The van der Waals surface area contributed by atoms with Gasteiger partial charge in [-0.3, -0.25) is 4.79 Å². The first-order valence-corrected chi connectivity index (χ1v) is 5.86. The maximum atomic E-state index is 11.8. The maximum Gasteiger partial charge on any atom is 0.227 e. The number of carbonyl (C=O) groups is 1. The van der Waals surface area contributed by atoms with Crippen LogP contribution >= 0.6 is 15.9 Å². The average molecular weight is 282 g/mol. The number of rotatable bonds is 2. The highest BCUT2D eigenvalue weighted by Crippen LogP contribution is 2.24. The largest absolute Gasteiger partial charge is 0.507 e. The number of carbonyl (C=O) groups excluding carboxylic acids is 1. The second-order valence-corrected chi connectivity index (χ2v) is 4.59. The number of amides is 1. The molecule has 2 rings (SSSR count). The smallest absolute Gasteiger partial charge is 0.227 e. The van der Waals surface area contributed by atoms with Gasteiger partial charge in [0.1, 0.15) is 5.75 Å². The number of phenolic OH excluding ortho intramolecular Hbond substituents is 1. The molecule has 0 atom stereocenters. The molecule has 0 spiro atoms. The van der Waals surface area contributed by atoms with Gasteiger partial charge in [0.2, 0.25) is 5.91 Å². The molecule has 4 heteroatoms. The lowest BCUT2D eigenvalue weighted by Crippen LogP contribution is -2.29. The summed E-state index contributed by atoms with van der Waals surface area (Å²) in [6, 6.07) is 5.13. The lowest BCUT2D eigenvalue weighted by atomic mass is 10.1.